The number of carbonyl (C=O) groups excluding carboxylic acids is 1. The number of ketones is 1. The molecule has 1 aromatic heterocycles. The molecule has 0 saturated heterocycles. The lowest BCUT2D eigenvalue weighted by Crippen LogP contribution is -2.17. The molecule has 6 nitrogen and oxygen atoms in total. The fraction of sp³-hybridized carbons (Fsp3) is 0.190. The van der Waals surface area contributed by atoms with Gasteiger partial charge in [-0.05, 0) is 37.1 Å². The Kier molecular flexibility index (Phi) is 4.70. The topological polar surface area (TPSA) is 76.1 Å². The van der Waals surface area contributed by atoms with Gasteiger partial charge in [-0.15, -0.1) is 0 Å². The van der Waals surface area contributed by atoms with Gasteiger partial charge in [-0.3, -0.25) is 4.79 Å². The summed E-state index contributed by atoms with van der Waals surface area (Å²) in [6.45, 7) is 0. The predicted octanol–water partition coefficient (Wildman–Crippen LogP) is 4.49. The second kappa shape index (κ2) is 7.45. The minimum atomic E-state index is 0.0768. The van der Waals surface area contributed by atoms with Crippen molar-refractivity contribution in [1.82, 2.24) is 9.97 Å². The molecule has 4 rings (SSSR count). The molecule has 0 amide bonds. The molecule has 0 atom stereocenters. The Labute approximate surface area is 157 Å². The first-order valence-corrected chi connectivity index (χ1v) is 8.90. The van der Waals surface area contributed by atoms with Crippen molar-refractivity contribution < 1.29 is 9.53 Å². The van der Waals surface area contributed by atoms with Crippen LogP contribution in [0, 0.1) is 0 Å². The summed E-state index contributed by atoms with van der Waals surface area (Å²) in [5.41, 5.74) is 3.07. The number of nitrogens with one attached hydrogen (secondary N) is 2. The van der Waals surface area contributed by atoms with Crippen LogP contribution in [0.4, 0.5) is 23.1 Å². The summed E-state index contributed by atoms with van der Waals surface area (Å²) in [4.78, 5) is 21.7. The highest BCUT2D eigenvalue weighted by molar-refractivity contribution is 6.03. The van der Waals surface area contributed by atoms with Gasteiger partial charge in [0, 0.05) is 23.9 Å². The highest BCUT2D eigenvalue weighted by Crippen LogP contribution is 2.30. The molecule has 136 valence electrons. The zero-order chi connectivity index (χ0) is 18.6. The van der Waals surface area contributed by atoms with E-state index in [1.54, 1.807) is 7.11 Å². The van der Waals surface area contributed by atoms with E-state index < -0.39 is 0 Å². The third kappa shape index (κ3) is 3.74. The summed E-state index contributed by atoms with van der Waals surface area (Å²) in [6, 6.07) is 17.3. The number of hydrogen-bond acceptors (Lipinski definition) is 6. The third-order valence-corrected chi connectivity index (χ3v) is 4.44. The van der Waals surface area contributed by atoms with Crippen LogP contribution in [0.3, 0.4) is 0 Å². The average molecular weight is 360 g/mol. The average Bonchev–Trinajstić information content (AvgIpc) is 2.69. The fourth-order valence-corrected chi connectivity index (χ4v) is 3.16. The first-order chi connectivity index (χ1) is 13.2. The zero-order valence-corrected chi connectivity index (χ0v) is 15.0. The number of rotatable bonds is 5. The van der Waals surface area contributed by atoms with E-state index in [-0.39, 0.29) is 5.78 Å². The Bertz CT molecular complexity index is 973. The molecule has 1 aliphatic rings. The van der Waals surface area contributed by atoms with E-state index in [2.05, 4.69) is 20.6 Å². The first kappa shape index (κ1) is 17.0. The minimum absolute atomic E-state index is 0.0768. The SMILES string of the molecule is COc1cccc(Nc2nc(Nc3ccccc3)nc3c2C(=O)CCC3)c1. The molecule has 1 heterocycles. The van der Waals surface area contributed by atoms with Crippen molar-refractivity contribution in [3.8, 4) is 5.75 Å². The van der Waals surface area contributed by atoms with Crippen LogP contribution in [0.15, 0.2) is 54.6 Å². The number of methoxy groups -OCH3 is 1. The Morgan fingerprint density at radius 1 is 0.926 bits per heavy atom. The van der Waals surface area contributed by atoms with Crippen molar-refractivity contribution in [2.45, 2.75) is 19.3 Å². The molecular weight excluding hydrogens is 340 g/mol. The maximum atomic E-state index is 12.5. The van der Waals surface area contributed by atoms with Gasteiger partial charge in [0.25, 0.3) is 0 Å². The molecular formula is C21H20N4O2. The van der Waals surface area contributed by atoms with Gasteiger partial charge in [-0.2, -0.15) is 4.98 Å². The summed E-state index contributed by atoms with van der Waals surface area (Å²) in [7, 11) is 1.62. The van der Waals surface area contributed by atoms with Gasteiger partial charge in [0.05, 0.1) is 18.4 Å². The Morgan fingerprint density at radius 3 is 2.56 bits per heavy atom. The molecule has 0 spiro atoms. The van der Waals surface area contributed by atoms with E-state index in [0.717, 1.165) is 35.7 Å². The number of benzene rings is 2. The second-order valence-electron chi connectivity index (χ2n) is 6.34. The number of Topliss-reactive ketones (excluding diaryl/α,β-unsaturated/α-hetero) is 1. The maximum absolute atomic E-state index is 12.5. The number of aryl methyl sites for hydroxylation is 1. The summed E-state index contributed by atoms with van der Waals surface area (Å²) >= 11 is 0. The Balaban J connectivity index is 1.73. The molecule has 27 heavy (non-hydrogen) atoms. The highest BCUT2D eigenvalue weighted by Gasteiger charge is 2.24. The number of anilines is 4. The Hall–Kier alpha value is -3.41. The molecule has 0 unspecified atom stereocenters. The number of ether oxygens (including phenoxy) is 1. The van der Waals surface area contributed by atoms with Gasteiger partial charge in [0.1, 0.15) is 11.6 Å². The van der Waals surface area contributed by atoms with Gasteiger partial charge in [0.15, 0.2) is 5.78 Å². The number of hydrogen-bond donors (Lipinski definition) is 2. The predicted molar refractivity (Wildman–Crippen MR) is 105 cm³/mol. The first-order valence-electron chi connectivity index (χ1n) is 8.90. The van der Waals surface area contributed by atoms with Crippen molar-refractivity contribution in [2.75, 3.05) is 17.7 Å². The van der Waals surface area contributed by atoms with Crippen LogP contribution in [-0.4, -0.2) is 22.9 Å². The van der Waals surface area contributed by atoms with Gasteiger partial charge >= 0.3 is 0 Å². The van der Waals surface area contributed by atoms with E-state index >= 15 is 0 Å². The van der Waals surface area contributed by atoms with Crippen molar-refractivity contribution >= 4 is 28.9 Å². The van der Waals surface area contributed by atoms with Gasteiger partial charge in [0.2, 0.25) is 5.95 Å². The molecule has 0 saturated carbocycles. The second-order valence-corrected chi connectivity index (χ2v) is 6.34. The van der Waals surface area contributed by atoms with Crippen LogP contribution < -0.4 is 15.4 Å². The molecule has 2 aromatic carbocycles. The molecule has 0 fully saturated rings. The monoisotopic (exact) mass is 360 g/mol. The van der Waals surface area contributed by atoms with Crippen LogP contribution in [0.25, 0.3) is 0 Å². The zero-order valence-electron chi connectivity index (χ0n) is 15.0. The van der Waals surface area contributed by atoms with Gasteiger partial charge < -0.3 is 15.4 Å². The summed E-state index contributed by atoms with van der Waals surface area (Å²) in [5.74, 6) is 1.81. The summed E-state index contributed by atoms with van der Waals surface area (Å²) < 4.78 is 5.28. The van der Waals surface area contributed by atoms with Crippen LogP contribution in [0.1, 0.15) is 28.9 Å². The largest absolute Gasteiger partial charge is 0.497 e. The van der Waals surface area contributed by atoms with Crippen LogP contribution in [0.2, 0.25) is 0 Å². The van der Waals surface area contributed by atoms with Crippen molar-refractivity contribution in [1.29, 1.82) is 0 Å². The van der Waals surface area contributed by atoms with E-state index in [1.165, 1.54) is 0 Å². The number of aromatic nitrogens is 2. The quantitative estimate of drug-likeness (QED) is 0.698. The lowest BCUT2D eigenvalue weighted by molar-refractivity contribution is 0.0972. The third-order valence-electron chi connectivity index (χ3n) is 4.44. The van der Waals surface area contributed by atoms with Crippen LogP contribution in [-0.2, 0) is 6.42 Å². The summed E-state index contributed by atoms with van der Waals surface area (Å²) in [5, 5.41) is 6.49. The smallest absolute Gasteiger partial charge is 0.229 e. The molecule has 2 N–H and O–H groups in total. The van der Waals surface area contributed by atoms with Crippen LogP contribution >= 0.6 is 0 Å². The van der Waals surface area contributed by atoms with Gasteiger partial charge in [-0.25, -0.2) is 4.98 Å². The molecule has 0 bridgehead atoms. The van der Waals surface area contributed by atoms with Crippen molar-refractivity contribution in [2.24, 2.45) is 0 Å². The van der Waals surface area contributed by atoms with E-state index in [0.29, 0.717) is 23.8 Å². The fourth-order valence-electron chi connectivity index (χ4n) is 3.16. The molecule has 6 heteroatoms. The van der Waals surface area contributed by atoms with Gasteiger partial charge in [-0.1, -0.05) is 24.3 Å². The molecule has 1 aliphatic carbocycles. The lowest BCUT2D eigenvalue weighted by Gasteiger charge is -2.19. The number of carbonyl (C=O) groups is 1. The van der Waals surface area contributed by atoms with Crippen LogP contribution in [0.5, 0.6) is 5.75 Å². The van der Waals surface area contributed by atoms with E-state index in [4.69, 9.17) is 4.74 Å². The number of fused-ring (bicyclic) bond motifs is 1. The summed E-state index contributed by atoms with van der Waals surface area (Å²) in [6.07, 6.45) is 2.10. The maximum Gasteiger partial charge on any atom is 0.229 e. The van der Waals surface area contributed by atoms with E-state index in [1.807, 2.05) is 54.6 Å². The normalized spacial score (nSPS) is 13.0. The standard InChI is InChI=1S/C21H20N4O2/c1-27-16-10-5-9-15(13-16)22-20-19-17(11-6-12-18(19)26)24-21(25-20)23-14-7-3-2-4-8-14/h2-5,7-10,13H,6,11-12H2,1H3,(H2,22,23,24,25). The highest BCUT2D eigenvalue weighted by atomic mass is 16.5. The van der Waals surface area contributed by atoms with Crippen molar-refractivity contribution in [3.05, 3.63) is 65.9 Å². The molecule has 0 aliphatic heterocycles. The number of nitrogens with zero attached hydrogens (tertiary/aromatic N) is 2. The number of para-hydroxylation sites is 1. The lowest BCUT2D eigenvalue weighted by atomic mass is 9.95. The molecule has 3 aromatic rings. The molecule has 0 radical (unpaired) electrons. The minimum Gasteiger partial charge on any atom is -0.497 e. The Morgan fingerprint density at radius 2 is 1.74 bits per heavy atom. The van der Waals surface area contributed by atoms with E-state index in [9.17, 15) is 4.79 Å². The van der Waals surface area contributed by atoms with Crippen molar-refractivity contribution in [3.63, 3.8) is 0 Å².